The predicted molar refractivity (Wildman–Crippen MR) is 62.5 cm³/mol. The van der Waals surface area contributed by atoms with Crippen LogP contribution in [0.5, 0.6) is 0 Å². The van der Waals surface area contributed by atoms with Crippen LogP contribution >= 0.6 is 11.3 Å². The van der Waals surface area contributed by atoms with E-state index < -0.39 is 5.97 Å². The van der Waals surface area contributed by atoms with Crippen molar-refractivity contribution in [3.63, 3.8) is 0 Å². The molecule has 1 atom stereocenters. The smallest absolute Gasteiger partial charge is 0.303 e. The van der Waals surface area contributed by atoms with Crippen LogP contribution in [0, 0.1) is 0 Å². The molecule has 0 amide bonds. The van der Waals surface area contributed by atoms with Gasteiger partial charge in [0.15, 0.2) is 0 Å². The Kier molecular flexibility index (Phi) is 2.73. The molecule has 78 valence electrons. The van der Waals surface area contributed by atoms with Crippen LogP contribution in [0.4, 0.5) is 0 Å². The molecular formula is C12H12O2S. The Labute approximate surface area is 92.2 Å². The van der Waals surface area contributed by atoms with Crippen molar-refractivity contribution in [3.05, 3.63) is 35.2 Å². The lowest BCUT2D eigenvalue weighted by Gasteiger charge is -2.06. The highest BCUT2D eigenvalue weighted by Crippen LogP contribution is 2.32. The maximum Gasteiger partial charge on any atom is 0.303 e. The van der Waals surface area contributed by atoms with Crippen LogP contribution in [0.25, 0.3) is 10.1 Å². The van der Waals surface area contributed by atoms with Gasteiger partial charge in [-0.25, -0.2) is 0 Å². The van der Waals surface area contributed by atoms with E-state index in [9.17, 15) is 4.79 Å². The largest absolute Gasteiger partial charge is 0.481 e. The first-order valence-corrected chi connectivity index (χ1v) is 5.74. The maximum atomic E-state index is 10.6. The molecule has 2 aromatic rings. The van der Waals surface area contributed by atoms with Crippen LogP contribution in [0.2, 0.25) is 0 Å². The summed E-state index contributed by atoms with van der Waals surface area (Å²) < 4.78 is 1.23. The third-order valence-electron chi connectivity index (χ3n) is 2.52. The number of hydrogen-bond donors (Lipinski definition) is 1. The van der Waals surface area contributed by atoms with Gasteiger partial charge in [0.2, 0.25) is 0 Å². The van der Waals surface area contributed by atoms with Gasteiger partial charge in [0.1, 0.15) is 0 Å². The van der Waals surface area contributed by atoms with Crippen LogP contribution in [0.3, 0.4) is 0 Å². The molecule has 15 heavy (non-hydrogen) atoms. The van der Waals surface area contributed by atoms with E-state index in [1.54, 1.807) is 11.3 Å². The normalized spacial score (nSPS) is 12.9. The molecule has 0 bridgehead atoms. The van der Waals surface area contributed by atoms with Gasteiger partial charge in [-0.1, -0.05) is 25.1 Å². The van der Waals surface area contributed by atoms with Crippen molar-refractivity contribution in [1.82, 2.24) is 0 Å². The standard InChI is InChI=1S/C12H12O2S/c1-8(6-12(13)14)10-7-15-11-5-3-2-4-9(10)11/h2-5,7-8H,6H2,1H3,(H,13,14)/t8-/m0/s1. The summed E-state index contributed by atoms with van der Waals surface area (Å²) in [7, 11) is 0. The molecule has 1 aromatic carbocycles. The highest BCUT2D eigenvalue weighted by atomic mass is 32.1. The van der Waals surface area contributed by atoms with E-state index in [4.69, 9.17) is 5.11 Å². The third-order valence-corrected chi connectivity index (χ3v) is 3.50. The molecular weight excluding hydrogens is 208 g/mol. The van der Waals surface area contributed by atoms with E-state index in [0.717, 1.165) is 5.56 Å². The molecule has 1 N–H and O–H groups in total. The molecule has 2 nitrogen and oxygen atoms in total. The lowest BCUT2D eigenvalue weighted by Crippen LogP contribution is -2.01. The summed E-state index contributed by atoms with van der Waals surface area (Å²) in [6.45, 7) is 1.96. The second-order valence-corrected chi connectivity index (χ2v) is 4.60. The molecule has 2 rings (SSSR count). The molecule has 3 heteroatoms. The van der Waals surface area contributed by atoms with Gasteiger partial charge < -0.3 is 5.11 Å². The third kappa shape index (κ3) is 2.02. The monoisotopic (exact) mass is 220 g/mol. The van der Waals surface area contributed by atoms with E-state index in [2.05, 4.69) is 17.5 Å². The first-order chi connectivity index (χ1) is 7.18. The minimum Gasteiger partial charge on any atom is -0.481 e. The van der Waals surface area contributed by atoms with Crippen molar-refractivity contribution in [2.45, 2.75) is 19.3 Å². The summed E-state index contributed by atoms with van der Waals surface area (Å²) in [6.07, 6.45) is 0.195. The second-order valence-electron chi connectivity index (χ2n) is 3.69. The van der Waals surface area contributed by atoms with Crippen molar-refractivity contribution in [2.24, 2.45) is 0 Å². The number of carboxylic acid groups (broad SMARTS) is 1. The minimum atomic E-state index is -0.738. The Bertz CT molecular complexity index is 487. The van der Waals surface area contributed by atoms with Gasteiger partial charge in [0.25, 0.3) is 0 Å². The average molecular weight is 220 g/mol. The van der Waals surface area contributed by atoms with Crippen molar-refractivity contribution in [1.29, 1.82) is 0 Å². The summed E-state index contributed by atoms with van der Waals surface area (Å²) >= 11 is 1.68. The van der Waals surface area contributed by atoms with Gasteiger partial charge in [-0.15, -0.1) is 11.3 Å². The van der Waals surface area contributed by atoms with Crippen molar-refractivity contribution < 1.29 is 9.90 Å². The Hall–Kier alpha value is -1.35. The van der Waals surface area contributed by atoms with E-state index in [1.165, 1.54) is 10.1 Å². The van der Waals surface area contributed by atoms with E-state index in [0.29, 0.717) is 0 Å². The van der Waals surface area contributed by atoms with Crippen molar-refractivity contribution in [3.8, 4) is 0 Å². The molecule has 1 heterocycles. The number of rotatable bonds is 3. The van der Waals surface area contributed by atoms with Crippen LogP contribution in [0.1, 0.15) is 24.8 Å². The highest BCUT2D eigenvalue weighted by Gasteiger charge is 2.13. The molecule has 1 aromatic heterocycles. The predicted octanol–water partition coefficient (Wildman–Crippen LogP) is 3.48. The lowest BCUT2D eigenvalue weighted by atomic mass is 9.97. The Balaban J connectivity index is 2.39. The topological polar surface area (TPSA) is 37.3 Å². The van der Waals surface area contributed by atoms with Gasteiger partial charge in [-0.2, -0.15) is 0 Å². The second kappa shape index (κ2) is 4.03. The first-order valence-electron chi connectivity index (χ1n) is 4.86. The highest BCUT2D eigenvalue weighted by molar-refractivity contribution is 7.17. The molecule has 0 aliphatic carbocycles. The average Bonchev–Trinajstić information content (AvgIpc) is 2.59. The fraction of sp³-hybridized carbons (Fsp3) is 0.250. The quantitative estimate of drug-likeness (QED) is 0.859. The number of carbonyl (C=O) groups is 1. The van der Waals surface area contributed by atoms with Crippen LogP contribution < -0.4 is 0 Å². The number of fused-ring (bicyclic) bond motifs is 1. The summed E-state index contributed by atoms with van der Waals surface area (Å²) in [4.78, 5) is 10.6. The molecule has 0 unspecified atom stereocenters. The fourth-order valence-electron chi connectivity index (χ4n) is 1.75. The lowest BCUT2D eigenvalue weighted by molar-refractivity contribution is -0.137. The van der Waals surface area contributed by atoms with Crippen LogP contribution in [-0.2, 0) is 4.79 Å². The molecule has 0 aliphatic rings. The summed E-state index contributed by atoms with van der Waals surface area (Å²) in [5, 5.41) is 12.0. The van der Waals surface area contributed by atoms with E-state index in [-0.39, 0.29) is 12.3 Å². The number of carboxylic acids is 1. The number of benzene rings is 1. The van der Waals surface area contributed by atoms with Crippen LogP contribution in [0.15, 0.2) is 29.6 Å². The number of thiophene rings is 1. The van der Waals surface area contributed by atoms with E-state index >= 15 is 0 Å². The zero-order chi connectivity index (χ0) is 10.8. The number of aliphatic carboxylic acids is 1. The van der Waals surface area contributed by atoms with Gasteiger partial charge in [0, 0.05) is 4.70 Å². The fourth-order valence-corrected chi connectivity index (χ4v) is 2.84. The zero-order valence-electron chi connectivity index (χ0n) is 8.43. The molecule has 0 spiro atoms. The summed E-state index contributed by atoms with van der Waals surface area (Å²) in [6, 6.07) is 8.12. The summed E-state index contributed by atoms with van der Waals surface area (Å²) in [5.74, 6) is -0.656. The van der Waals surface area contributed by atoms with Crippen molar-refractivity contribution in [2.75, 3.05) is 0 Å². The SMILES string of the molecule is C[C@@H](CC(=O)O)c1csc2ccccc12. The van der Waals surface area contributed by atoms with Crippen molar-refractivity contribution >= 4 is 27.4 Å². The molecule has 0 saturated heterocycles. The van der Waals surface area contributed by atoms with Gasteiger partial charge in [-0.3, -0.25) is 4.79 Å². The maximum absolute atomic E-state index is 10.6. The molecule has 0 fully saturated rings. The van der Waals surface area contributed by atoms with Crippen LogP contribution in [-0.4, -0.2) is 11.1 Å². The van der Waals surface area contributed by atoms with E-state index in [1.807, 2.05) is 19.1 Å². The molecule has 0 aliphatic heterocycles. The molecule has 0 saturated carbocycles. The Morgan fingerprint density at radius 2 is 2.20 bits per heavy atom. The summed E-state index contributed by atoms with van der Waals surface area (Å²) in [5.41, 5.74) is 1.15. The zero-order valence-corrected chi connectivity index (χ0v) is 9.25. The van der Waals surface area contributed by atoms with Gasteiger partial charge in [-0.05, 0) is 28.3 Å². The first kappa shape index (κ1) is 10.2. The molecule has 0 radical (unpaired) electrons. The van der Waals surface area contributed by atoms with Gasteiger partial charge in [0.05, 0.1) is 6.42 Å². The Morgan fingerprint density at radius 1 is 1.47 bits per heavy atom. The number of hydrogen-bond acceptors (Lipinski definition) is 2. The minimum absolute atomic E-state index is 0.0821. The van der Waals surface area contributed by atoms with Gasteiger partial charge >= 0.3 is 5.97 Å². The Morgan fingerprint density at radius 3 is 2.93 bits per heavy atom.